The van der Waals surface area contributed by atoms with Crippen LogP contribution in [-0.2, 0) is 6.42 Å². The molecule has 0 radical (unpaired) electrons. The summed E-state index contributed by atoms with van der Waals surface area (Å²) in [6, 6.07) is 5.75. The summed E-state index contributed by atoms with van der Waals surface area (Å²) in [5, 5.41) is 3.61. The monoisotopic (exact) mass is 249 g/mol. The van der Waals surface area contributed by atoms with E-state index in [9.17, 15) is 4.39 Å². The minimum absolute atomic E-state index is 0.127. The van der Waals surface area contributed by atoms with Crippen LogP contribution < -0.4 is 5.32 Å². The van der Waals surface area contributed by atoms with Crippen molar-refractivity contribution in [2.24, 2.45) is 5.41 Å². The van der Waals surface area contributed by atoms with Crippen LogP contribution in [0.15, 0.2) is 18.2 Å². The first-order chi connectivity index (χ1) is 8.57. The van der Waals surface area contributed by atoms with Gasteiger partial charge in [0, 0.05) is 6.04 Å². The molecule has 0 saturated heterocycles. The Labute approximate surface area is 110 Å². The quantitative estimate of drug-likeness (QED) is 0.807. The number of hydrogen-bond donors (Lipinski definition) is 1. The number of aryl methyl sites for hydroxylation is 1. The summed E-state index contributed by atoms with van der Waals surface area (Å²) in [5.41, 5.74) is 2.81. The minimum atomic E-state index is -0.127. The molecule has 18 heavy (non-hydrogen) atoms. The highest BCUT2D eigenvalue weighted by Gasteiger charge is 2.46. The third-order valence-corrected chi connectivity index (χ3v) is 4.36. The molecule has 1 nitrogen and oxygen atoms in total. The second-order valence-electron chi connectivity index (χ2n) is 5.79. The number of nitrogens with one attached hydrogen (secondary N) is 1. The van der Waals surface area contributed by atoms with E-state index >= 15 is 0 Å². The van der Waals surface area contributed by atoms with Crippen LogP contribution in [0.5, 0.6) is 0 Å². The largest absolute Gasteiger partial charge is 0.314 e. The van der Waals surface area contributed by atoms with Crippen molar-refractivity contribution in [1.29, 1.82) is 0 Å². The Morgan fingerprint density at radius 2 is 2.11 bits per heavy atom. The lowest BCUT2D eigenvalue weighted by atomic mass is 9.88. The molecule has 2 heteroatoms. The highest BCUT2D eigenvalue weighted by molar-refractivity contribution is 5.29. The molecule has 0 heterocycles. The topological polar surface area (TPSA) is 12.0 Å². The molecule has 0 bridgehead atoms. The Bertz CT molecular complexity index is 410. The van der Waals surface area contributed by atoms with Gasteiger partial charge >= 0.3 is 0 Å². The van der Waals surface area contributed by atoms with Crippen molar-refractivity contribution in [1.82, 2.24) is 5.32 Å². The lowest BCUT2D eigenvalue weighted by molar-refractivity contribution is 0.349. The summed E-state index contributed by atoms with van der Waals surface area (Å²) in [7, 11) is 0. The van der Waals surface area contributed by atoms with Gasteiger partial charge < -0.3 is 5.32 Å². The molecule has 1 unspecified atom stereocenters. The zero-order chi connectivity index (χ0) is 13.2. The van der Waals surface area contributed by atoms with Gasteiger partial charge in [0.1, 0.15) is 5.82 Å². The van der Waals surface area contributed by atoms with Crippen LogP contribution in [0.3, 0.4) is 0 Å². The van der Waals surface area contributed by atoms with Crippen LogP contribution >= 0.6 is 0 Å². The summed E-state index contributed by atoms with van der Waals surface area (Å²) in [5.74, 6) is -0.127. The first-order valence-corrected chi connectivity index (χ1v) is 7.06. The molecule has 1 N–H and O–H groups in total. The SMILES string of the molecule is CCCNC(C)C1(Cc2ccc(F)cc2C)CC1. The average molecular weight is 249 g/mol. The van der Waals surface area contributed by atoms with Gasteiger partial charge in [-0.15, -0.1) is 0 Å². The Kier molecular flexibility index (Phi) is 4.06. The fourth-order valence-electron chi connectivity index (χ4n) is 2.74. The van der Waals surface area contributed by atoms with Gasteiger partial charge in [-0.2, -0.15) is 0 Å². The van der Waals surface area contributed by atoms with Gasteiger partial charge in [0.25, 0.3) is 0 Å². The van der Waals surface area contributed by atoms with E-state index in [0.29, 0.717) is 11.5 Å². The van der Waals surface area contributed by atoms with E-state index in [1.54, 1.807) is 12.1 Å². The molecule has 1 aliphatic rings. The molecular formula is C16H24FN. The summed E-state index contributed by atoms with van der Waals surface area (Å²) < 4.78 is 13.1. The second-order valence-corrected chi connectivity index (χ2v) is 5.79. The van der Waals surface area contributed by atoms with Crippen LogP contribution in [0.25, 0.3) is 0 Å². The molecule has 1 atom stereocenters. The van der Waals surface area contributed by atoms with Crippen molar-refractivity contribution in [2.45, 2.75) is 52.5 Å². The molecule has 2 rings (SSSR count). The second kappa shape index (κ2) is 5.40. The fourth-order valence-corrected chi connectivity index (χ4v) is 2.74. The van der Waals surface area contributed by atoms with E-state index in [0.717, 1.165) is 18.5 Å². The van der Waals surface area contributed by atoms with Crippen molar-refractivity contribution in [2.75, 3.05) is 6.54 Å². The van der Waals surface area contributed by atoms with Gasteiger partial charge in [0.2, 0.25) is 0 Å². The van der Waals surface area contributed by atoms with E-state index in [1.807, 2.05) is 13.0 Å². The van der Waals surface area contributed by atoms with Gasteiger partial charge in [-0.3, -0.25) is 0 Å². The molecule has 0 spiro atoms. The van der Waals surface area contributed by atoms with Gasteiger partial charge in [0.05, 0.1) is 0 Å². The standard InChI is InChI=1S/C16H24FN/c1-4-9-18-13(3)16(7-8-16)11-14-5-6-15(17)10-12(14)2/h5-6,10,13,18H,4,7-9,11H2,1-3H3. The van der Waals surface area contributed by atoms with Crippen molar-refractivity contribution in [3.8, 4) is 0 Å². The van der Waals surface area contributed by atoms with E-state index in [4.69, 9.17) is 0 Å². The molecule has 0 aliphatic heterocycles. The number of benzene rings is 1. The van der Waals surface area contributed by atoms with Gasteiger partial charge in [-0.05, 0) is 74.8 Å². The predicted octanol–water partition coefficient (Wildman–Crippen LogP) is 3.84. The van der Waals surface area contributed by atoms with Crippen LogP contribution in [0.2, 0.25) is 0 Å². The predicted molar refractivity (Wildman–Crippen MR) is 74.3 cm³/mol. The highest BCUT2D eigenvalue weighted by atomic mass is 19.1. The Morgan fingerprint density at radius 1 is 1.39 bits per heavy atom. The summed E-state index contributed by atoms with van der Waals surface area (Å²) >= 11 is 0. The average Bonchev–Trinajstić information content (AvgIpc) is 3.11. The Morgan fingerprint density at radius 3 is 2.67 bits per heavy atom. The minimum Gasteiger partial charge on any atom is -0.314 e. The molecule has 1 saturated carbocycles. The molecule has 1 aromatic rings. The molecule has 0 aromatic heterocycles. The van der Waals surface area contributed by atoms with Crippen LogP contribution in [0, 0.1) is 18.2 Å². The van der Waals surface area contributed by atoms with E-state index in [1.165, 1.54) is 24.8 Å². The highest BCUT2D eigenvalue weighted by Crippen LogP contribution is 2.51. The molecule has 1 fully saturated rings. The van der Waals surface area contributed by atoms with E-state index < -0.39 is 0 Å². The third kappa shape index (κ3) is 2.92. The maximum Gasteiger partial charge on any atom is 0.123 e. The van der Waals surface area contributed by atoms with E-state index in [-0.39, 0.29) is 5.82 Å². The maximum absolute atomic E-state index is 13.1. The van der Waals surface area contributed by atoms with Crippen molar-refractivity contribution < 1.29 is 4.39 Å². The molecule has 1 aliphatic carbocycles. The van der Waals surface area contributed by atoms with Crippen LogP contribution in [-0.4, -0.2) is 12.6 Å². The lowest BCUT2D eigenvalue weighted by Crippen LogP contribution is -2.36. The van der Waals surface area contributed by atoms with Gasteiger partial charge in [-0.1, -0.05) is 13.0 Å². The van der Waals surface area contributed by atoms with Gasteiger partial charge in [0.15, 0.2) is 0 Å². The molecule has 100 valence electrons. The number of hydrogen-bond acceptors (Lipinski definition) is 1. The number of halogens is 1. The summed E-state index contributed by atoms with van der Waals surface area (Å²) in [6.07, 6.45) is 4.84. The summed E-state index contributed by atoms with van der Waals surface area (Å²) in [6.45, 7) is 7.59. The first kappa shape index (κ1) is 13.5. The lowest BCUT2D eigenvalue weighted by Gasteiger charge is -2.25. The van der Waals surface area contributed by atoms with Crippen LogP contribution in [0.4, 0.5) is 4.39 Å². The summed E-state index contributed by atoms with van der Waals surface area (Å²) in [4.78, 5) is 0. The van der Waals surface area contributed by atoms with Crippen molar-refractivity contribution >= 4 is 0 Å². The smallest absolute Gasteiger partial charge is 0.123 e. The number of rotatable bonds is 6. The van der Waals surface area contributed by atoms with Gasteiger partial charge in [-0.25, -0.2) is 4.39 Å². The maximum atomic E-state index is 13.1. The van der Waals surface area contributed by atoms with E-state index in [2.05, 4.69) is 19.2 Å². The molecule has 1 aromatic carbocycles. The Hall–Kier alpha value is -0.890. The zero-order valence-corrected chi connectivity index (χ0v) is 11.7. The first-order valence-electron chi connectivity index (χ1n) is 7.06. The third-order valence-electron chi connectivity index (χ3n) is 4.36. The molecule has 0 amide bonds. The van der Waals surface area contributed by atoms with Crippen molar-refractivity contribution in [3.05, 3.63) is 35.1 Å². The normalized spacial score (nSPS) is 18.7. The van der Waals surface area contributed by atoms with Crippen molar-refractivity contribution in [3.63, 3.8) is 0 Å². The fraction of sp³-hybridized carbons (Fsp3) is 0.625. The zero-order valence-electron chi connectivity index (χ0n) is 11.7. The Balaban J connectivity index is 2.04. The van der Waals surface area contributed by atoms with Crippen LogP contribution in [0.1, 0.15) is 44.2 Å². The molecular weight excluding hydrogens is 225 g/mol.